The summed E-state index contributed by atoms with van der Waals surface area (Å²) in [4.78, 5) is 20.3. The van der Waals surface area contributed by atoms with Crippen molar-refractivity contribution in [3.05, 3.63) is 70.4 Å². The number of nitrogens with one attached hydrogen (secondary N) is 1. The maximum absolute atomic E-state index is 13.9. The van der Waals surface area contributed by atoms with Gasteiger partial charge in [0.2, 0.25) is 5.89 Å². The first-order valence-corrected chi connectivity index (χ1v) is 11.3. The van der Waals surface area contributed by atoms with Gasteiger partial charge in [-0.2, -0.15) is 18.2 Å². The number of benzene rings is 1. The molecule has 0 saturated carbocycles. The Kier molecular flexibility index (Phi) is 7.32. The monoisotopic (exact) mass is 492 g/mol. The van der Waals surface area contributed by atoms with E-state index in [0.717, 1.165) is 48.6 Å². The topological polar surface area (TPSA) is 101 Å². The van der Waals surface area contributed by atoms with Crippen molar-refractivity contribution in [3.8, 4) is 0 Å². The lowest BCUT2D eigenvalue weighted by molar-refractivity contribution is -0.138. The number of nitrogens with zero attached hydrogens (tertiary/aromatic N) is 3. The van der Waals surface area contributed by atoms with E-state index < -0.39 is 35.9 Å². The van der Waals surface area contributed by atoms with Crippen LogP contribution >= 0.6 is 0 Å². The van der Waals surface area contributed by atoms with Crippen molar-refractivity contribution in [1.29, 1.82) is 0 Å². The first-order valence-electron chi connectivity index (χ1n) is 11.3. The van der Waals surface area contributed by atoms with E-state index in [-0.39, 0.29) is 17.9 Å². The van der Waals surface area contributed by atoms with Crippen LogP contribution in [-0.2, 0) is 36.7 Å². The average molecular weight is 492 g/mol. The van der Waals surface area contributed by atoms with Crippen molar-refractivity contribution in [2.75, 3.05) is 11.9 Å². The summed E-state index contributed by atoms with van der Waals surface area (Å²) in [6.45, 7) is 0.949. The molecule has 0 saturated heterocycles. The molecule has 0 spiro atoms. The van der Waals surface area contributed by atoms with Gasteiger partial charge in [-0.3, -0.25) is 9.78 Å². The number of aromatic nitrogens is 3. The molecule has 0 fully saturated rings. The smallest absolute Gasteiger partial charge is 0.416 e. The van der Waals surface area contributed by atoms with Crippen LogP contribution in [0.1, 0.15) is 59.4 Å². The summed E-state index contributed by atoms with van der Waals surface area (Å²) < 4.78 is 58.4. The molecule has 2 aromatic heterocycles. The van der Waals surface area contributed by atoms with Crippen LogP contribution in [0.3, 0.4) is 0 Å². The van der Waals surface area contributed by atoms with Gasteiger partial charge >= 0.3 is 12.1 Å². The second-order valence-corrected chi connectivity index (χ2v) is 8.55. The molecule has 35 heavy (non-hydrogen) atoms. The zero-order valence-electron chi connectivity index (χ0n) is 18.7. The number of anilines is 1. The van der Waals surface area contributed by atoms with Crippen molar-refractivity contribution in [1.82, 2.24) is 15.1 Å². The molecule has 0 bridgehead atoms. The van der Waals surface area contributed by atoms with Crippen LogP contribution in [0.4, 0.5) is 23.2 Å². The summed E-state index contributed by atoms with van der Waals surface area (Å²) in [5, 5.41) is 16.5. The highest BCUT2D eigenvalue weighted by atomic mass is 19.4. The van der Waals surface area contributed by atoms with Crippen molar-refractivity contribution in [2.45, 2.75) is 57.0 Å². The molecule has 1 aliphatic rings. The van der Waals surface area contributed by atoms with Crippen LogP contribution < -0.4 is 5.32 Å². The normalized spacial score (nSPS) is 14.3. The van der Waals surface area contributed by atoms with Crippen molar-refractivity contribution >= 4 is 11.7 Å². The van der Waals surface area contributed by atoms with E-state index in [2.05, 4.69) is 20.4 Å². The maximum atomic E-state index is 13.9. The van der Waals surface area contributed by atoms with Crippen LogP contribution in [0.2, 0.25) is 0 Å². The Morgan fingerprint density at radius 1 is 1.17 bits per heavy atom. The average Bonchev–Trinajstić information content (AvgIpc) is 3.24. The Hall–Kier alpha value is -3.50. The molecular weight excluding hydrogens is 468 g/mol. The molecule has 0 aliphatic carbocycles. The zero-order valence-corrected chi connectivity index (χ0v) is 18.7. The number of carboxylic acids is 1. The molecule has 1 atom stereocenters. The van der Waals surface area contributed by atoms with Crippen LogP contribution in [0.5, 0.6) is 0 Å². The van der Waals surface area contributed by atoms with Gasteiger partial charge in [0.05, 0.1) is 23.4 Å². The molecule has 1 aliphatic heterocycles. The Morgan fingerprint density at radius 3 is 2.77 bits per heavy atom. The number of carbonyl (C=O) groups is 1. The number of carboxylic acid groups (broad SMARTS) is 1. The number of aryl methyl sites for hydroxylation is 3. The lowest BCUT2D eigenvalue weighted by Crippen LogP contribution is -2.13. The fourth-order valence-electron chi connectivity index (χ4n) is 4.16. The number of alkyl halides is 3. The van der Waals surface area contributed by atoms with Gasteiger partial charge in [-0.25, -0.2) is 4.39 Å². The zero-order chi connectivity index (χ0) is 25.0. The summed E-state index contributed by atoms with van der Waals surface area (Å²) in [7, 11) is 0. The number of aliphatic carboxylic acids is 1. The summed E-state index contributed by atoms with van der Waals surface area (Å²) in [6, 6.07) is 6.04. The predicted octanol–water partition coefficient (Wildman–Crippen LogP) is 4.96. The van der Waals surface area contributed by atoms with Gasteiger partial charge in [-0.05, 0) is 61.6 Å². The second kappa shape index (κ2) is 10.4. The van der Waals surface area contributed by atoms with Crippen molar-refractivity contribution < 1.29 is 32.0 Å². The van der Waals surface area contributed by atoms with E-state index in [1.165, 1.54) is 0 Å². The Balaban J connectivity index is 1.40. The highest BCUT2D eigenvalue weighted by molar-refractivity contribution is 5.68. The van der Waals surface area contributed by atoms with Gasteiger partial charge in [-0.1, -0.05) is 5.16 Å². The van der Waals surface area contributed by atoms with Gasteiger partial charge in [0.25, 0.3) is 0 Å². The second-order valence-electron chi connectivity index (χ2n) is 8.55. The maximum Gasteiger partial charge on any atom is 0.416 e. The number of hydrogen-bond donors (Lipinski definition) is 2. The van der Waals surface area contributed by atoms with E-state index in [1.807, 2.05) is 12.1 Å². The number of pyridine rings is 1. The largest absolute Gasteiger partial charge is 0.481 e. The van der Waals surface area contributed by atoms with Gasteiger partial charge in [-0.15, -0.1) is 0 Å². The highest BCUT2D eigenvalue weighted by Crippen LogP contribution is 2.34. The first-order chi connectivity index (χ1) is 16.7. The minimum Gasteiger partial charge on any atom is -0.481 e. The molecular formula is C24H24F4N4O3. The standard InChI is InChI=1S/C24H24F4N4O3/c25-17-10-14(9-16(13-17)24(26,27)28)15(12-23(33)34)11-22-31-21(32-35-22)5-1-3-18-6-7-19-20(30-18)4-2-8-29-19/h6-7,9-10,13,15,29H,1-5,8,11-12H2,(H,33,34). The van der Waals surface area contributed by atoms with E-state index in [4.69, 9.17) is 4.52 Å². The summed E-state index contributed by atoms with van der Waals surface area (Å²) in [5.74, 6) is -2.81. The number of rotatable bonds is 9. The fourth-order valence-corrected chi connectivity index (χ4v) is 4.16. The Bertz CT molecular complexity index is 1200. The molecule has 0 amide bonds. The summed E-state index contributed by atoms with van der Waals surface area (Å²) in [5.41, 5.74) is 1.82. The lowest BCUT2D eigenvalue weighted by Gasteiger charge is -2.17. The number of halogens is 4. The molecule has 11 heteroatoms. The van der Waals surface area contributed by atoms with Gasteiger partial charge < -0.3 is 14.9 Å². The molecule has 1 aromatic carbocycles. The van der Waals surface area contributed by atoms with Crippen LogP contribution in [0.25, 0.3) is 0 Å². The van der Waals surface area contributed by atoms with Crippen molar-refractivity contribution in [3.63, 3.8) is 0 Å². The van der Waals surface area contributed by atoms with E-state index in [1.54, 1.807) is 0 Å². The number of hydrogen-bond acceptors (Lipinski definition) is 6. The van der Waals surface area contributed by atoms with Crippen molar-refractivity contribution in [2.24, 2.45) is 0 Å². The van der Waals surface area contributed by atoms with Gasteiger partial charge in [0.1, 0.15) is 5.82 Å². The Morgan fingerprint density at radius 2 is 2.00 bits per heavy atom. The quantitative estimate of drug-likeness (QED) is 0.407. The van der Waals surface area contributed by atoms with Crippen LogP contribution in [-0.4, -0.2) is 32.7 Å². The van der Waals surface area contributed by atoms with Gasteiger partial charge in [0.15, 0.2) is 5.82 Å². The van der Waals surface area contributed by atoms with E-state index in [9.17, 15) is 27.5 Å². The van der Waals surface area contributed by atoms with Crippen LogP contribution in [0.15, 0.2) is 34.9 Å². The summed E-state index contributed by atoms with van der Waals surface area (Å²) in [6.07, 6.45) is -1.51. The molecule has 1 unspecified atom stereocenters. The molecule has 7 nitrogen and oxygen atoms in total. The summed E-state index contributed by atoms with van der Waals surface area (Å²) >= 11 is 0. The molecule has 4 rings (SSSR count). The van der Waals surface area contributed by atoms with Gasteiger partial charge in [0, 0.05) is 31.0 Å². The minimum absolute atomic E-state index is 0.0852. The third-order valence-corrected chi connectivity index (χ3v) is 5.84. The fraction of sp³-hybridized carbons (Fsp3) is 0.417. The van der Waals surface area contributed by atoms with E-state index >= 15 is 0 Å². The Labute approximate surface area is 198 Å². The number of fused-ring (bicyclic) bond motifs is 1. The third kappa shape index (κ3) is 6.55. The third-order valence-electron chi connectivity index (χ3n) is 5.84. The van der Waals surface area contributed by atoms with E-state index in [0.29, 0.717) is 31.2 Å². The highest BCUT2D eigenvalue weighted by Gasteiger charge is 2.32. The SMILES string of the molecule is O=C(O)CC(Cc1nc(CCCc2ccc3c(n2)CCCN3)no1)c1cc(F)cc(C(F)(F)F)c1. The molecule has 186 valence electrons. The molecule has 0 radical (unpaired) electrons. The molecule has 3 aromatic rings. The molecule has 2 N–H and O–H groups in total. The molecule has 3 heterocycles. The lowest BCUT2D eigenvalue weighted by atomic mass is 9.91. The minimum atomic E-state index is -4.76. The predicted molar refractivity (Wildman–Crippen MR) is 117 cm³/mol. The van der Waals surface area contributed by atoms with Crippen LogP contribution in [0, 0.1) is 5.82 Å². The first kappa shape index (κ1) is 24.6.